The lowest BCUT2D eigenvalue weighted by atomic mass is 9.88. The van der Waals surface area contributed by atoms with Gasteiger partial charge in [-0.05, 0) is 114 Å². The molecule has 404 valence electrons. The molecule has 0 N–H and O–H groups in total. The predicted octanol–water partition coefficient (Wildman–Crippen LogP) is 20.6. The first-order valence-electron chi connectivity index (χ1n) is 29.0. The summed E-state index contributed by atoms with van der Waals surface area (Å²) < 4.78 is 4.87. The molecule has 0 spiro atoms. The average Bonchev–Trinajstić information content (AvgIpc) is 1.58. The standard InChI is InChI=1S/C77H48ClN7S/c1-45(40-54-43-55(42-52-25-11-12-26-56(52)54)75-79-72(81-76(78)82-75)48-20-4-2-5-21-48)50-36-38-59-58-28-14-15-29-60(58)68-63-32-16-30-61(62-31-17-33-64-67-57-27-13-10-19-47(57)37-39-66(67)86-71(62)64)69(63)85(70(68)65(59)44-50)77-83-73(49-22-6-3-7-23-49)80-74(84-77)53-35-34-46-18-8-9-24-51(46)41-53/h2-39,41-45H,40H2,1H3/t45-/m1/s1. The minimum Gasteiger partial charge on any atom is -0.277 e. The Hall–Kier alpha value is -10.5. The van der Waals surface area contributed by atoms with E-state index in [1.165, 1.54) is 52.8 Å². The van der Waals surface area contributed by atoms with Crippen molar-refractivity contribution in [2.24, 2.45) is 0 Å². The molecule has 0 unspecified atom stereocenters. The van der Waals surface area contributed by atoms with Gasteiger partial charge in [-0.2, -0.15) is 19.9 Å². The van der Waals surface area contributed by atoms with Crippen molar-refractivity contribution in [3.05, 3.63) is 271 Å². The van der Waals surface area contributed by atoms with Crippen LogP contribution in [0.1, 0.15) is 24.0 Å². The van der Waals surface area contributed by atoms with E-state index in [0.717, 1.165) is 93.9 Å². The molecule has 0 aliphatic rings. The van der Waals surface area contributed by atoms with E-state index in [1.54, 1.807) is 0 Å². The van der Waals surface area contributed by atoms with Crippen LogP contribution in [0.2, 0.25) is 5.28 Å². The van der Waals surface area contributed by atoms with Gasteiger partial charge >= 0.3 is 0 Å². The van der Waals surface area contributed by atoms with E-state index in [-0.39, 0.29) is 11.2 Å². The molecule has 17 rings (SSSR count). The number of nitrogens with zero attached hydrogens (tertiary/aromatic N) is 7. The fourth-order valence-electron chi connectivity index (χ4n) is 13.3. The van der Waals surface area contributed by atoms with Crippen molar-refractivity contribution < 1.29 is 0 Å². The summed E-state index contributed by atoms with van der Waals surface area (Å²) in [7, 11) is 0. The average molecular weight is 1140 g/mol. The monoisotopic (exact) mass is 1140 g/mol. The fourth-order valence-corrected chi connectivity index (χ4v) is 14.7. The molecule has 13 aromatic carbocycles. The molecular formula is C77H48ClN7S. The van der Waals surface area contributed by atoms with Gasteiger partial charge in [0, 0.05) is 69.7 Å². The van der Waals surface area contributed by atoms with E-state index in [9.17, 15) is 0 Å². The Morgan fingerprint density at radius 2 is 0.942 bits per heavy atom. The molecule has 1 atom stereocenters. The smallest absolute Gasteiger partial charge is 0.238 e. The van der Waals surface area contributed by atoms with Gasteiger partial charge in [-0.15, -0.1) is 11.3 Å². The van der Waals surface area contributed by atoms with Gasteiger partial charge in [0.05, 0.1) is 11.0 Å². The minimum atomic E-state index is 0.0674. The molecule has 7 nitrogen and oxygen atoms in total. The zero-order chi connectivity index (χ0) is 57.0. The Bertz CT molecular complexity index is 5620. The van der Waals surface area contributed by atoms with Gasteiger partial charge in [-0.3, -0.25) is 4.57 Å². The molecule has 17 aromatic rings. The lowest BCUT2D eigenvalue weighted by Gasteiger charge is -2.18. The summed E-state index contributed by atoms with van der Waals surface area (Å²) in [6, 6.07) is 91.1. The Morgan fingerprint density at radius 3 is 1.71 bits per heavy atom. The summed E-state index contributed by atoms with van der Waals surface area (Å²) in [6.45, 7) is 2.34. The minimum absolute atomic E-state index is 0.0674. The van der Waals surface area contributed by atoms with Crippen molar-refractivity contribution in [3.63, 3.8) is 0 Å². The molecular weight excluding hydrogens is 1090 g/mol. The van der Waals surface area contributed by atoms with Crippen molar-refractivity contribution in [1.29, 1.82) is 0 Å². The molecule has 0 amide bonds. The Labute approximate surface area is 503 Å². The first kappa shape index (κ1) is 50.0. The van der Waals surface area contributed by atoms with Crippen LogP contribution in [0.3, 0.4) is 0 Å². The summed E-state index contributed by atoms with van der Waals surface area (Å²) in [5.41, 5.74) is 10.3. The first-order valence-corrected chi connectivity index (χ1v) is 30.2. The highest BCUT2D eigenvalue weighted by Crippen LogP contribution is 2.49. The van der Waals surface area contributed by atoms with E-state index in [2.05, 4.69) is 223 Å². The van der Waals surface area contributed by atoms with Crippen molar-refractivity contribution >= 4 is 119 Å². The largest absolute Gasteiger partial charge is 0.277 e. The van der Waals surface area contributed by atoms with Crippen LogP contribution >= 0.6 is 22.9 Å². The summed E-state index contributed by atoms with van der Waals surface area (Å²) in [6.07, 6.45) is 0.742. The van der Waals surface area contributed by atoms with E-state index in [4.69, 9.17) is 36.5 Å². The third-order valence-corrected chi connectivity index (χ3v) is 18.6. The molecule has 0 radical (unpaired) electrons. The fraction of sp³-hybridized carbons (Fsp3) is 0.0390. The number of hydrogen-bond acceptors (Lipinski definition) is 7. The number of benzene rings is 13. The third-order valence-electron chi connectivity index (χ3n) is 17.3. The molecule has 9 heteroatoms. The maximum absolute atomic E-state index is 6.69. The van der Waals surface area contributed by atoms with Crippen LogP contribution in [0.25, 0.3) is 158 Å². The molecule has 0 aliphatic heterocycles. The van der Waals surface area contributed by atoms with Crippen molar-refractivity contribution in [3.8, 4) is 62.6 Å². The van der Waals surface area contributed by atoms with E-state index in [1.807, 2.05) is 59.9 Å². The molecule has 0 fully saturated rings. The maximum atomic E-state index is 6.69. The number of rotatable bonds is 9. The van der Waals surface area contributed by atoms with Crippen LogP contribution < -0.4 is 0 Å². The summed E-state index contributed by atoms with van der Waals surface area (Å²) >= 11 is 8.55. The number of aromatic nitrogens is 7. The number of thiophene rings is 1. The van der Waals surface area contributed by atoms with Gasteiger partial charge < -0.3 is 0 Å². The van der Waals surface area contributed by atoms with Gasteiger partial charge in [0.1, 0.15) is 0 Å². The second-order valence-corrected chi connectivity index (χ2v) is 23.7. The zero-order valence-corrected chi connectivity index (χ0v) is 48.0. The SMILES string of the molecule is C[C@H](Cc1cc(-c2nc(Cl)nc(-c3ccccc3)n2)cc2ccccc12)c1ccc2c3ccccc3c3c4cccc(-c5cccc6c5sc5ccc7ccccc7c56)c4n(-c4nc(-c5ccccc5)nc(-c5ccc6ccccc6c5)n4)c3c2c1. The lowest BCUT2D eigenvalue weighted by Crippen LogP contribution is -2.07. The van der Waals surface area contributed by atoms with Gasteiger partial charge in [-0.1, -0.05) is 231 Å². The topological polar surface area (TPSA) is 82.3 Å². The second kappa shape index (κ2) is 20.1. The first-order chi connectivity index (χ1) is 42.4. The highest BCUT2D eigenvalue weighted by molar-refractivity contribution is 7.26. The van der Waals surface area contributed by atoms with Crippen LogP contribution in [0, 0.1) is 0 Å². The molecule has 0 saturated heterocycles. The van der Waals surface area contributed by atoms with Crippen LogP contribution in [-0.4, -0.2) is 34.5 Å². The number of hydrogen-bond donors (Lipinski definition) is 0. The molecule has 86 heavy (non-hydrogen) atoms. The van der Waals surface area contributed by atoms with Crippen LogP contribution in [0.5, 0.6) is 0 Å². The Balaban J connectivity index is 0.933. The van der Waals surface area contributed by atoms with Crippen molar-refractivity contribution in [1.82, 2.24) is 34.5 Å². The third kappa shape index (κ3) is 8.24. The summed E-state index contributed by atoms with van der Waals surface area (Å²) in [5, 5.41) is 16.6. The highest BCUT2D eigenvalue weighted by atomic mass is 35.5. The normalized spacial score (nSPS) is 12.3. The lowest BCUT2D eigenvalue weighted by molar-refractivity contribution is 0.764. The predicted molar refractivity (Wildman–Crippen MR) is 359 cm³/mol. The molecule has 0 saturated carbocycles. The Kier molecular flexibility index (Phi) is 11.7. The second-order valence-electron chi connectivity index (χ2n) is 22.3. The maximum Gasteiger partial charge on any atom is 0.238 e. The van der Waals surface area contributed by atoms with Crippen LogP contribution in [0.15, 0.2) is 255 Å². The van der Waals surface area contributed by atoms with Gasteiger partial charge in [0.15, 0.2) is 23.3 Å². The van der Waals surface area contributed by atoms with E-state index < -0.39 is 0 Å². The molecule has 4 heterocycles. The molecule has 0 aliphatic carbocycles. The van der Waals surface area contributed by atoms with E-state index in [0.29, 0.717) is 29.2 Å². The van der Waals surface area contributed by atoms with Crippen LogP contribution in [-0.2, 0) is 6.42 Å². The quantitative estimate of drug-likeness (QED) is 0.134. The van der Waals surface area contributed by atoms with Gasteiger partial charge in [0.2, 0.25) is 11.2 Å². The number of halogens is 1. The van der Waals surface area contributed by atoms with Gasteiger partial charge in [0.25, 0.3) is 0 Å². The summed E-state index contributed by atoms with van der Waals surface area (Å²) in [5.74, 6) is 2.86. The highest BCUT2D eigenvalue weighted by Gasteiger charge is 2.27. The molecule has 4 aromatic heterocycles. The van der Waals surface area contributed by atoms with Crippen molar-refractivity contribution in [2.75, 3.05) is 0 Å². The number of para-hydroxylation sites is 1. The number of fused-ring (bicyclic) bond motifs is 15. The van der Waals surface area contributed by atoms with Gasteiger partial charge in [-0.25, -0.2) is 9.97 Å². The summed E-state index contributed by atoms with van der Waals surface area (Å²) in [4.78, 5) is 30.8. The molecule has 0 bridgehead atoms. The zero-order valence-electron chi connectivity index (χ0n) is 46.4. The van der Waals surface area contributed by atoms with Crippen LogP contribution in [0.4, 0.5) is 0 Å². The van der Waals surface area contributed by atoms with E-state index >= 15 is 0 Å². The van der Waals surface area contributed by atoms with Crippen molar-refractivity contribution in [2.45, 2.75) is 19.3 Å². The Morgan fingerprint density at radius 1 is 0.372 bits per heavy atom.